The van der Waals surface area contributed by atoms with Crippen molar-refractivity contribution in [2.24, 2.45) is 0 Å². The van der Waals surface area contributed by atoms with E-state index in [2.05, 4.69) is 34.2 Å². The number of piperidine rings is 1. The summed E-state index contributed by atoms with van der Waals surface area (Å²) in [6, 6.07) is -1.84. The van der Waals surface area contributed by atoms with Crippen molar-refractivity contribution in [1.82, 2.24) is 30.2 Å². The quantitative estimate of drug-likeness (QED) is 0.590. The van der Waals surface area contributed by atoms with Gasteiger partial charge in [-0.2, -0.15) is 4.98 Å². The molecule has 1 N–H and O–H groups in total. The van der Waals surface area contributed by atoms with E-state index in [0.29, 0.717) is 76.3 Å². The second kappa shape index (κ2) is 10.8. The predicted molar refractivity (Wildman–Crippen MR) is 134 cm³/mol. The van der Waals surface area contributed by atoms with Crippen LogP contribution in [0, 0.1) is 0 Å². The Morgan fingerprint density at radius 1 is 1.08 bits per heavy atom. The topological polar surface area (TPSA) is 104 Å². The van der Waals surface area contributed by atoms with Crippen molar-refractivity contribution in [2.45, 2.75) is 101 Å². The highest BCUT2D eigenvalue weighted by atomic mass is 19.3. The van der Waals surface area contributed by atoms with Gasteiger partial charge in [0.25, 0.3) is 5.92 Å². The van der Waals surface area contributed by atoms with Gasteiger partial charge >= 0.3 is 12.1 Å². The Hall–Kier alpha value is -2.57. The van der Waals surface area contributed by atoms with Gasteiger partial charge in [-0.15, -0.1) is 0 Å². The minimum absolute atomic E-state index is 0.206. The monoisotopic (exact) mass is 556 g/mol. The summed E-state index contributed by atoms with van der Waals surface area (Å²) in [4.78, 5) is 35.6. The van der Waals surface area contributed by atoms with Crippen molar-refractivity contribution in [1.29, 1.82) is 0 Å². The van der Waals surface area contributed by atoms with E-state index >= 15 is 8.78 Å². The molecule has 3 heterocycles. The first-order chi connectivity index (χ1) is 18.5. The first-order valence-electron chi connectivity index (χ1n) is 14.1. The number of rotatable bonds is 5. The number of carbonyl (C=O) groups is 2. The van der Waals surface area contributed by atoms with Crippen molar-refractivity contribution >= 4 is 12.1 Å². The lowest BCUT2D eigenvalue weighted by molar-refractivity contribution is -0.110. The maximum absolute atomic E-state index is 15.0. The zero-order valence-corrected chi connectivity index (χ0v) is 22.9. The van der Waals surface area contributed by atoms with Crippen molar-refractivity contribution in [3.05, 3.63) is 11.7 Å². The number of piperazine rings is 1. The molecular formula is C26H39F3N6O4. The van der Waals surface area contributed by atoms with Gasteiger partial charge in [0, 0.05) is 57.1 Å². The van der Waals surface area contributed by atoms with Gasteiger partial charge < -0.3 is 24.4 Å². The van der Waals surface area contributed by atoms with E-state index in [-0.39, 0.29) is 25.2 Å². The fourth-order valence-electron chi connectivity index (χ4n) is 5.79. The average Bonchev–Trinajstić information content (AvgIpc) is 3.41. The Bertz CT molecular complexity index is 1040. The van der Waals surface area contributed by atoms with Crippen LogP contribution in [-0.2, 0) is 10.2 Å². The van der Waals surface area contributed by atoms with E-state index in [1.165, 1.54) is 4.90 Å². The molecule has 0 aromatic carbocycles. The minimum atomic E-state index is -3.20. The third kappa shape index (κ3) is 5.97. The van der Waals surface area contributed by atoms with E-state index in [1.54, 1.807) is 4.90 Å². The van der Waals surface area contributed by atoms with Gasteiger partial charge in [-0.3, -0.25) is 4.90 Å². The SMILES string of the molecule is CC(C)N1CCN(C(=O)O[C@H]2CCCC(F)(F)[C@@H]2NC(=O)N2CCC(C)(c3noc([C@@H]4C[C@@H]4F)n3)CC2)CC1. The van der Waals surface area contributed by atoms with Gasteiger partial charge in [-0.25, -0.2) is 22.8 Å². The molecule has 4 atom stereocenters. The summed E-state index contributed by atoms with van der Waals surface area (Å²) in [7, 11) is 0. The Morgan fingerprint density at radius 2 is 1.74 bits per heavy atom. The van der Waals surface area contributed by atoms with Gasteiger partial charge in [-0.1, -0.05) is 12.1 Å². The number of alkyl halides is 3. The zero-order valence-electron chi connectivity index (χ0n) is 22.9. The molecule has 5 rings (SSSR count). The lowest BCUT2D eigenvalue weighted by Crippen LogP contribution is -2.61. The Balaban J connectivity index is 1.17. The normalized spacial score (nSPS) is 30.7. The second-order valence-electron chi connectivity index (χ2n) is 12.0. The van der Waals surface area contributed by atoms with Crippen LogP contribution >= 0.6 is 0 Å². The number of hydrogen-bond acceptors (Lipinski definition) is 7. The molecule has 3 amide bonds. The Morgan fingerprint density at radius 3 is 2.36 bits per heavy atom. The maximum Gasteiger partial charge on any atom is 0.410 e. The van der Waals surface area contributed by atoms with Crippen LogP contribution in [-0.4, -0.2) is 107 Å². The summed E-state index contributed by atoms with van der Waals surface area (Å²) in [6.45, 7) is 9.10. The summed E-state index contributed by atoms with van der Waals surface area (Å²) in [5.74, 6) is -2.74. The predicted octanol–water partition coefficient (Wildman–Crippen LogP) is 3.68. The number of ether oxygens (including phenoxy) is 1. The Labute approximate surface area is 226 Å². The van der Waals surface area contributed by atoms with Crippen LogP contribution in [0.2, 0.25) is 0 Å². The number of hydrogen-bond donors (Lipinski definition) is 1. The molecule has 0 spiro atoms. The van der Waals surface area contributed by atoms with Crippen molar-refractivity contribution in [3.8, 4) is 0 Å². The summed E-state index contributed by atoms with van der Waals surface area (Å²) in [5, 5.41) is 6.55. The fraction of sp³-hybridized carbons (Fsp3) is 0.846. The third-order valence-electron chi connectivity index (χ3n) is 8.83. The number of amides is 3. The smallest absolute Gasteiger partial charge is 0.410 e. The molecule has 2 aliphatic carbocycles. The zero-order chi connectivity index (χ0) is 27.9. The van der Waals surface area contributed by atoms with Gasteiger partial charge in [0.1, 0.15) is 18.3 Å². The molecule has 4 aliphatic rings. The molecule has 2 aliphatic heterocycles. The molecule has 0 radical (unpaired) electrons. The van der Waals surface area contributed by atoms with Crippen LogP contribution in [0.25, 0.3) is 0 Å². The van der Waals surface area contributed by atoms with Crippen LogP contribution in [0.1, 0.15) is 76.9 Å². The van der Waals surface area contributed by atoms with Crippen LogP contribution in [0.3, 0.4) is 0 Å². The molecule has 10 nitrogen and oxygen atoms in total. The first-order valence-corrected chi connectivity index (χ1v) is 14.1. The van der Waals surface area contributed by atoms with Crippen LogP contribution < -0.4 is 5.32 Å². The number of aromatic nitrogens is 2. The van der Waals surface area contributed by atoms with Gasteiger partial charge in [0.05, 0.1) is 5.92 Å². The summed E-state index contributed by atoms with van der Waals surface area (Å²) < 4.78 is 54.3. The van der Waals surface area contributed by atoms with Crippen molar-refractivity contribution < 1.29 is 32.0 Å². The van der Waals surface area contributed by atoms with Crippen molar-refractivity contribution in [2.75, 3.05) is 39.3 Å². The second-order valence-corrected chi connectivity index (χ2v) is 12.0. The largest absolute Gasteiger partial charge is 0.444 e. The van der Waals surface area contributed by atoms with E-state index in [4.69, 9.17) is 9.26 Å². The molecule has 2 saturated heterocycles. The van der Waals surface area contributed by atoms with Gasteiger partial charge in [0.2, 0.25) is 5.89 Å². The van der Waals surface area contributed by atoms with E-state index in [9.17, 15) is 14.0 Å². The summed E-state index contributed by atoms with van der Waals surface area (Å²) in [6.07, 6.45) is -1.17. The highest BCUT2D eigenvalue weighted by Gasteiger charge is 2.51. The first kappa shape index (κ1) is 28.0. The van der Waals surface area contributed by atoms with Gasteiger partial charge in [0.15, 0.2) is 5.82 Å². The van der Waals surface area contributed by atoms with E-state index in [1.807, 2.05) is 6.92 Å². The third-order valence-corrected chi connectivity index (χ3v) is 8.83. The minimum Gasteiger partial charge on any atom is -0.444 e. The molecule has 0 unspecified atom stereocenters. The van der Waals surface area contributed by atoms with E-state index < -0.39 is 41.8 Å². The lowest BCUT2D eigenvalue weighted by Gasteiger charge is -2.42. The molecule has 1 aromatic heterocycles. The number of likely N-dealkylation sites (tertiary alicyclic amines) is 1. The fourth-order valence-corrected chi connectivity index (χ4v) is 5.79. The van der Waals surface area contributed by atoms with Crippen LogP contribution in [0.15, 0.2) is 4.52 Å². The average molecular weight is 557 g/mol. The molecule has 4 fully saturated rings. The molecule has 39 heavy (non-hydrogen) atoms. The summed E-state index contributed by atoms with van der Waals surface area (Å²) >= 11 is 0. The highest BCUT2D eigenvalue weighted by molar-refractivity contribution is 5.75. The van der Waals surface area contributed by atoms with Crippen LogP contribution in [0.5, 0.6) is 0 Å². The number of halogens is 3. The maximum atomic E-state index is 15.0. The molecular weight excluding hydrogens is 517 g/mol. The molecule has 13 heteroatoms. The summed E-state index contributed by atoms with van der Waals surface area (Å²) in [5.41, 5.74) is -0.467. The standard InChI is InChI=1S/C26H39F3N6O4/c1-16(2)33-11-13-35(14-12-33)24(37)38-19-5-4-6-26(28,29)20(19)30-23(36)34-9-7-25(3,8-10-34)22-31-21(39-32-22)17-15-18(17)27/h16-20H,4-15H2,1-3H3,(H,30,36)/t17-,18+,19+,20-/m1/s1. The van der Waals surface area contributed by atoms with E-state index in [0.717, 1.165) is 0 Å². The molecule has 0 bridgehead atoms. The molecule has 1 aromatic rings. The number of nitrogens with one attached hydrogen (secondary N) is 1. The van der Waals surface area contributed by atoms with Gasteiger partial charge in [-0.05, 0) is 46.0 Å². The number of urea groups is 1. The van der Waals surface area contributed by atoms with Crippen LogP contribution in [0.4, 0.5) is 22.8 Å². The number of carbonyl (C=O) groups excluding carboxylic acids is 2. The Kier molecular flexibility index (Phi) is 7.73. The highest BCUT2D eigenvalue weighted by Crippen LogP contribution is 2.44. The molecule has 218 valence electrons. The number of nitrogens with zero attached hydrogens (tertiary/aromatic N) is 5. The molecule has 2 saturated carbocycles. The van der Waals surface area contributed by atoms with Crippen molar-refractivity contribution in [3.63, 3.8) is 0 Å². The lowest BCUT2D eigenvalue weighted by atomic mass is 9.79.